The van der Waals surface area contributed by atoms with E-state index < -0.39 is 0 Å². The molecule has 1 aromatic heterocycles. The van der Waals surface area contributed by atoms with Crippen LogP contribution in [0, 0.1) is 9.81 Å². The van der Waals surface area contributed by atoms with Crippen LogP contribution in [0.3, 0.4) is 0 Å². The fourth-order valence-electron chi connectivity index (χ4n) is 1.21. The van der Waals surface area contributed by atoms with Gasteiger partial charge >= 0.3 is 0 Å². The van der Waals surface area contributed by atoms with Gasteiger partial charge in [-0.2, -0.15) is 0 Å². The quantitative estimate of drug-likeness (QED) is 0.797. The summed E-state index contributed by atoms with van der Waals surface area (Å²) in [4.78, 5) is 24.7. The topological polar surface area (TPSA) is 88.7 Å². The molecule has 16 heavy (non-hydrogen) atoms. The van der Waals surface area contributed by atoms with E-state index in [1.165, 1.54) is 18.5 Å². The Labute approximate surface area is 90.0 Å². The highest BCUT2D eigenvalue weighted by Gasteiger charge is 2.04. The summed E-state index contributed by atoms with van der Waals surface area (Å²) in [6.07, 6.45) is 4.78. The first-order valence-electron chi connectivity index (χ1n) is 4.39. The van der Waals surface area contributed by atoms with Crippen molar-refractivity contribution in [1.82, 2.24) is 9.66 Å². The molecule has 0 fully saturated rings. The van der Waals surface area contributed by atoms with E-state index in [9.17, 15) is 9.81 Å². The Morgan fingerprint density at radius 3 is 2.75 bits per heavy atom. The van der Waals surface area contributed by atoms with E-state index in [0.29, 0.717) is 5.69 Å². The minimum atomic E-state index is 0.116. The second-order valence-electron chi connectivity index (χ2n) is 2.97. The van der Waals surface area contributed by atoms with Crippen LogP contribution in [0.5, 0.6) is 0 Å². The van der Waals surface area contributed by atoms with Crippen molar-refractivity contribution in [3.05, 3.63) is 46.7 Å². The SMILES string of the molecule is O=Nc1ccc(Nn2ccnc2)c(N=O)c1. The zero-order valence-corrected chi connectivity index (χ0v) is 8.07. The van der Waals surface area contributed by atoms with Crippen LogP contribution >= 0.6 is 0 Å². The Kier molecular flexibility index (Phi) is 2.68. The van der Waals surface area contributed by atoms with E-state index in [2.05, 4.69) is 20.8 Å². The van der Waals surface area contributed by atoms with Gasteiger partial charge in [0.05, 0.1) is 5.69 Å². The molecular formula is C9H7N5O2. The minimum Gasteiger partial charge on any atom is -0.291 e. The van der Waals surface area contributed by atoms with Gasteiger partial charge in [0.2, 0.25) is 0 Å². The molecule has 0 aliphatic carbocycles. The normalized spacial score (nSPS) is 9.75. The highest BCUT2D eigenvalue weighted by atomic mass is 16.3. The average Bonchev–Trinajstić information content (AvgIpc) is 2.82. The molecule has 2 rings (SSSR count). The fourth-order valence-corrected chi connectivity index (χ4v) is 1.21. The molecule has 0 saturated carbocycles. The number of imidazole rings is 1. The van der Waals surface area contributed by atoms with Gasteiger partial charge in [-0.1, -0.05) is 0 Å². The van der Waals surface area contributed by atoms with E-state index >= 15 is 0 Å². The Morgan fingerprint density at radius 2 is 2.12 bits per heavy atom. The third-order valence-electron chi connectivity index (χ3n) is 1.94. The van der Waals surface area contributed by atoms with Gasteiger partial charge in [-0.25, -0.2) is 4.98 Å². The van der Waals surface area contributed by atoms with Crippen molar-refractivity contribution in [2.75, 3.05) is 5.43 Å². The summed E-state index contributed by atoms with van der Waals surface area (Å²) in [7, 11) is 0. The molecule has 7 nitrogen and oxygen atoms in total. The molecule has 1 heterocycles. The lowest BCUT2D eigenvalue weighted by atomic mass is 10.2. The molecule has 1 aromatic carbocycles. The van der Waals surface area contributed by atoms with Crippen molar-refractivity contribution in [3.8, 4) is 0 Å². The number of benzene rings is 1. The molecule has 0 bridgehead atoms. The highest BCUT2D eigenvalue weighted by molar-refractivity contribution is 5.69. The molecule has 0 saturated heterocycles. The van der Waals surface area contributed by atoms with Gasteiger partial charge in [-0.15, -0.1) is 9.81 Å². The van der Waals surface area contributed by atoms with Crippen LogP contribution in [-0.2, 0) is 0 Å². The third kappa shape index (κ3) is 1.92. The van der Waals surface area contributed by atoms with E-state index in [1.54, 1.807) is 23.1 Å². The van der Waals surface area contributed by atoms with Gasteiger partial charge in [0.25, 0.3) is 0 Å². The highest BCUT2D eigenvalue weighted by Crippen LogP contribution is 2.29. The lowest BCUT2D eigenvalue weighted by Gasteiger charge is -2.07. The molecule has 2 aromatic rings. The van der Waals surface area contributed by atoms with Gasteiger partial charge in [-0.3, -0.25) is 10.1 Å². The Bertz CT molecular complexity index is 509. The number of hydrogen-bond acceptors (Lipinski definition) is 6. The van der Waals surface area contributed by atoms with Crippen LogP contribution in [0.4, 0.5) is 17.1 Å². The molecule has 0 atom stereocenters. The zero-order valence-electron chi connectivity index (χ0n) is 8.07. The average molecular weight is 217 g/mol. The van der Waals surface area contributed by atoms with Crippen LogP contribution in [0.2, 0.25) is 0 Å². The van der Waals surface area contributed by atoms with Crippen LogP contribution in [-0.4, -0.2) is 9.66 Å². The molecule has 1 N–H and O–H groups in total. The molecule has 0 unspecified atom stereocenters. The van der Waals surface area contributed by atoms with E-state index in [1.807, 2.05) is 0 Å². The molecule has 0 aliphatic heterocycles. The number of hydrogen-bond donors (Lipinski definition) is 1. The fraction of sp³-hybridized carbons (Fsp3) is 0. The maximum atomic E-state index is 10.6. The minimum absolute atomic E-state index is 0.116. The standard InChI is InChI=1S/C9H7N5O2/c15-12-7-1-2-8(9(5-7)13-16)11-14-4-3-10-6-14/h1-6,11H. The van der Waals surface area contributed by atoms with Gasteiger partial charge in [0, 0.05) is 12.4 Å². The maximum absolute atomic E-state index is 10.6. The lowest BCUT2D eigenvalue weighted by Crippen LogP contribution is -2.05. The van der Waals surface area contributed by atoms with E-state index in [4.69, 9.17) is 0 Å². The van der Waals surface area contributed by atoms with Gasteiger partial charge in [-0.05, 0) is 28.6 Å². The predicted molar refractivity (Wildman–Crippen MR) is 58.6 cm³/mol. The van der Waals surface area contributed by atoms with E-state index in [0.717, 1.165) is 0 Å². The molecule has 7 heteroatoms. The van der Waals surface area contributed by atoms with Crippen molar-refractivity contribution in [1.29, 1.82) is 0 Å². The van der Waals surface area contributed by atoms with Gasteiger partial charge in [0.1, 0.15) is 17.7 Å². The van der Waals surface area contributed by atoms with Crippen molar-refractivity contribution >= 4 is 17.1 Å². The summed E-state index contributed by atoms with van der Waals surface area (Å²) in [6, 6.07) is 4.34. The van der Waals surface area contributed by atoms with E-state index in [-0.39, 0.29) is 11.4 Å². The summed E-state index contributed by atoms with van der Waals surface area (Å²) in [5.41, 5.74) is 3.62. The molecule has 0 amide bonds. The largest absolute Gasteiger partial charge is 0.291 e. The van der Waals surface area contributed by atoms with Crippen molar-refractivity contribution in [3.63, 3.8) is 0 Å². The first-order valence-corrected chi connectivity index (χ1v) is 4.39. The summed E-state index contributed by atoms with van der Waals surface area (Å²) < 4.78 is 1.55. The third-order valence-corrected chi connectivity index (χ3v) is 1.94. The van der Waals surface area contributed by atoms with Crippen molar-refractivity contribution in [2.24, 2.45) is 10.4 Å². The summed E-state index contributed by atoms with van der Waals surface area (Å²) in [5, 5.41) is 5.54. The van der Waals surface area contributed by atoms with Gasteiger partial charge in [0.15, 0.2) is 0 Å². The molecule has 0 aliphatic rings. The Morgan fingerprint density at radius 1 is 1.25 bits per heavy atom. The molecule has 0 radical (unpaired) electrons. The van der Waals surface area contributed by atoms with Crippen LogP contribution in [0.1, 0.15) is 0 Å². The number of nitrogens with zero attached hydrogens (tertiary/aromatic N) is 4. The molecular weight excluding hydrogens is 210 g/mol. The number of anilines is 1. The summed E-state index contributed by atoms with van der Waals surface area (Å²) in [5.74, 6) is 0. The number of nitroso groups, excluding NO2 is 2. The Hall–Kier alpha value is -2.57. The number of rotatable bonds is 4. The maximum Gasteiger partial charge on any atom is 0.135 e. The predicted octanol–water partition coefficient (Wildman–Crippen LogP) is 2.55. The lowest BCUT2D eigenvalue weighted by molar-refractivity contribution is 0.955. The van der Waals surface area contributed by atoms with Crippen LogP contribution < -0.4 is 5.43 Å². The molecule has 0 spiro atoms. The van der Waals surface area contributed by atoms with Crippen LogP contribution in [0.15, 0.2) is 47.3 Å². The summed E-state index contributed by atoms with van der Waals surface area (Å²) >= 11 is 0. The first kappa shape index (κ1) is 9.97. The first-order chi connectivity index (χ1) is 7.83. The smallest absolute Gasteiger partial charge is 0.135 e. The van der Waals surface area contributed by atoms with Gasteiger partial charge < -0.3 is 0 Å². The number of nitrogens with one attached hydrogen (secondary N) is 1. The number of aromatic nitrogens is 2. The Balaban J connectivity index is 2.33. The monoisotopic (exact) mass is 217 g/mol. The summed E-state index contributed by atoms with van der Waals surface area (Å²) in [6.45, 7) is 0. The van der Waals surface area contributed by atoms with Crippen molar-refractivity contribution in [2.45, 2.75) is 0 Å². The second kappa shape index (κ2) is 4.30. The van der Waals surface area contributed by atoms with Crippen LogP contribution in [0.25, 0.3) is 0 Å². The zero-order chi connectivity index (χ0) is 11.4. The second-order valence-corrected chi connectivity index (χ2v) is 2.97. The molecule has 80 valence electrons. The van der Waals surface area contributed by atoms with Crippen molar-refractivity contribution < 1.29 is 0 Å².